The molecule has 2 rings (SSSR count). The first-order valence-corrected chi connectivity index (χ1v) is 9.14. The highest BCUT2D eigenvalue weighted by Gasteiger charge is 2.35. The van der Waals surface area contributed by atoms with E-state index < -0.39 is 26.1 Å². The van der Waals surface area contributed by atoms with Crippen molar-refractivity contribution >= 4 is 15.5 Å². The minimum Gasteiger partial charge on any atom is -0.391 e. The first kappa shape index (κ1) is 18.1. The molecule has 24 heavy (non-hydrogen) atoms. The summed E-state index contributed by atoms with van der Waals surface area (Å²) in [4.78, 5) is 10.3. The molecule has 0 spiro atoms. The molecular formula is C17H19NO5S. The normalized spacial score (nSPS) is 14.1. The van der Waals surface area contributed by atoms with E-state index in [0.717, 1.165) is 0 Å². The van der Waals surface area contributed by atoms with Crippen molar-refractivity contribution in [1.82, 2.24) is 0 Å². The maximum absolute atomic E-state index is 13.0. The fourth-order valence-electron chi connectivity index (χ4n) is 2.60. The van der Waals surface area contributed by atoms with E-state index in [1.807, 2.05) is 6.92 Å². The number of aliphatic hydroxyl groups is 1. The van der Waals surface area contributed by atoms with Gasteiger partial charge in [-0.25, -0.2) is 8.42 Å². The Morgan fingerprint density at radius 3 is 2.17 bits per heavy atom. The largest absolute Gasteiger partial charge is 0.391 e. The molecule has 128 valence electrons. The van der Waals surface area contributed by atoms with Crippen molar-refractivity contribution in [3.8, 4) is 0 Å². The summed E-state index contributed by atoms with van der Waals surface area (Å²) in [5.74, 6) is 0. The van der Waals surface area contributed by atoms with E-state index in [9.17, 15) is 23.6 Å². The van der Waals surface area contributed by atoms with Crippen molar-refractivity contribution in [2.24, 2.45) is 0 Å². The summed E-state index contributed by atoms with van der Waals surface area (Å²) < 4.78 is 25.9. The number of nitro groups is 1. The molecule has 0 aliphatic heterocycles. The van der Waals surface area contributed by atoms with E-state index >= 15 is 0 Å². The zero-order valence-corrected chi connectivity index (χ0v) is 14.0. The van der Waals surface area contributed by atoms with E-state index in [-0.39, 0.29) is 10.6 Å². The molecule has 0 saturated carbocycles. The number of nitro benzene ring substituents is 1. The minimum absolute atomic E-state index is 0.114. The van der Waals surface area contributed by atoms with Crippen molar-refractivity contribution in [3.63, 3.8) is 0 Å². The van der Waals surface area contributed by atoms with Crippen LogP contribution in [0, 0.1) is 10.1 Å². The van der Waals surface area contributed by atoms with Crippen molar-refractivity contribution in [1.29, 1.82) is 0 Å². The second-order valence-electron chi connectivity index (χ2n) is 5.48. The third-order valence-corrected chi connectivity index (χ3v) is 5.96. The Labute approximate surface area is 140 Å². The second kappa shape index (κ2) is 7.55. The summed E-state index contributed by atoms with van der Waals surface area (Å²) in [6, 6.07) is 13.2. The van der Waals surface area contributed by atoms with Crippen LogP contribution in [-0.2, 0) is 9.84 Å². The van der Waals surface area contributed by atoms with Gasteiger partial charge in [0.2, 0.25) is 0 Å². The average molecular weight is 349 g/mol. The third kappa shape index (κ3) is 3.80. The number of nitrogens with zero attached hydrogens (tertiary/aromatic N) is 1. The minimum atomic E-state index is -3.83. The van der Waals surface area contributed by atoms with Gasteiger partial charge in [0.05, 0.1) is 15.9 Å². The molecule has 2 aromatic rings. The van der Waals surface area contributed by atoms with Crippen LogP contribution in [0.3, 0.4) is 0 Å². The maximum Gasteiger partial charge on any atom is 0.269 e. The molecule has 0 aromatic heterocycles. The molecule has 0 radical (unpaired) electrons. The highest BCUT2D eigenvalue weighted by molar-refractivity contribution is 7.91. The third-order valence-electron chi connectivity index (χ3n) is 3.77. The van der Waals surface area contributed by atoms with Crippen LogP contribution < -0.4 is 0 Å². The van der Waals surface area contributed by atoms with Gasteiger partial charge in [0.25, 0.3) is 5.69 Å². The lowest BCUT2D eigenvalue weighted by Crippen LogP contribution is -2.26. The fourth-order valence-corrected chi connectivity index (χ4v) is 4.49. The highest BCUT2D eigenvalue weighted by atomic mass is 32.2. The summed E-state index contributed by atoms with van der Waals surface area (Å²) >= 11 is 0. The number of hydrogen-bond acceptors (Lipinski definition) is 5. The Kier molecular flexibility index (Phi) is 5.69. The highest BCUT2D eigenvalue weighted by Crippen LogP contribution is 2.34. The van der Waals surface area contributed by atoms with E-state index in [1.54, 1.807) is 18.2 Å². The number of benzene rings is 2. The van der Waals surface area contributed by atoms with E-state index in [0.29, 0.717) is 18.4 Å². The van der Waals surface area contributed by atoms with Gasteiger partial charge < -0.3 is 5.11 Å². The number of non-ortho nitro benzene ring substituents is 1. The molecule has 0 amide bonds. The Hall–Kier alpha value is -2.25. The quantitative estimate of drug-likeness (QED) is 0.611. The molecule has 0 saturated heterocycles. The molecule has 0 bridgehead atoms. The molecule has 0 aliphatic carbocycles. The number of sulfone groups is 1. The average Bonchev–Trinajstić information content (AvgIpc) is 2.56. The van der Waals surface area contributed by atoms with Crippen LogP contribution >= 0.6 is 0 Å². The van der Waals surface area contributed by atoms with Crippen LogP contribution in [0.25, 0.3) is 0 Å². The first-order chi connectivity index (χ1) is 11.4. The van der Waals surface area contributed by atoms with Crippen molar-refractivity contribution in [3.05, 3.63) is 70.3 Å². The van der Waals surface area contributed by atoms with E-state index in [4.69, 9.17) is 0 Å². The van der Waals surface area contributed by atoms with Gasteiger partial charge in [-0.3, -0.25) is 10.1 Å². The summed E-state index contributed by atoms with van der Waals surface area (Å²) in [6.07, 6.45) is -0.162. The molecular weight excluding hydrogens is 330 g/mol. The second-order valence-corrected chi connectivity index (χ2v) is 7.55. The lowest BCUT2D eigenvalue weighted by Gasteiger charge is -2.23. The first-order valence-electron chi connectivity index (χ1n) is 7.59. The summed E-state index contributed by atoms with van der Waals surface area (Å²) in [7, 11) is -3.83. The fraction of sp³-hybridized carbons (Fsp3) is 0.294. The maximum atomic E-state index is 13.0. The van der Waals surface area contributed by atoms with Gasteiger partial charge in [0, 0.05) is 12.1 Å². The van der Waals surface area contributed by atoms with Crippen LogP contribution in [0.5, 0.6) is 0 Å². The Morgan fingerprint density at radius 1 is 1.08 bits per heavy atom. The summed E-state index contributed by atoms with van der Waals surface area (Å²) in [5.41, 5.74) is 0.213. The predicted molar refractivity (Wildman–Crippen MR) is 90.4 cm³/mol. The van der Waals surface area contributed by atoms with Crippen LogP contribution in [0.4, 0.5) is 5.69 Å². The van der Waals surface area contributed by atoms with Crippen molar-refractivity contribution < 1.29 is 18.4 Å². The summed E-state index contributed by atoms with van der Waals surface area (Å²) in [5, 5.41) is 20.0. The molecule has 6 nitrogen and oxygen atoms in total. The number of rotatable bonds is 7. The SMILES string of the molecule is CCCC(O)C(c1ccc([N+](=O)[O-])cc1)S(=O)(=O)c1ccccc1. The van der Waals surface area contributed by atoms with Crippen LogP contribution in [0.15, 0.2) is 59.5 Å². The van der Waals surface area contributed by atoms with Gasteiger partial charge in [-0.15, -0.1) is 0 Å². The molecule has 2 atom stereocenters. The van der Waals surface area contributed by atoms with Crippen molar-refractivity contribution in [2.45, 2.75) is 36.0 Å². The van der Waals surface area contributed by atoms with Crippen LogP contribution in [0.2, 0.25) is 0 Å². The molecule has 0 fully saturated rings. The van der Waals surface area contributed by atoms with Crippen molar-refractivity contribution in [2.75, 3.05) is 0 Å². The van der Waals surface area contributed by atoms with Crippen LogP contribution in [-0.4, -0.2) is 24.6 Å². The van der Waals surface area contributed by atoms with Crippen LogP contribution in [0.1, 0.15) is 30.6 Å². The monoisotopic (exact) mass is 349 g/mol. The molecule has 0 heterocycles. The number of hydrogen-bond donors (Lipinski definition) is 1. The zero-order valence-electron chi connectivity index (χ0n) is 13.2. The smallest absolute Gasteiger partial charge is 0.269 e. The van der Waals surface area contributed by atoms with Gasteiger partial charge in [0.1, 0.15) is 5.25 Å². The van der Waals surface area contributed by atoms with Gasteiger partial charge in [-0.1, -0.05) is 43.7 Å². The Bertz CT molecular complexity index is 787. The standard InChI is InChI=1S/C17H19NO5S/c1-2-6-16(19)17(13-9-11-14(12-10-13)18(20)21)24(22,23)15-7-4-3-5-8-15/h3-5,7-12,16-17,19H,2,6H2,1H3. The Balaban J connectivity index is 2.51. The van der Waals surface area contributed by atoms with Gasteiger partial charge in [0.15, 0.2) is 9.84 Å². The van der Waals surface area contributed by atoms with E-state index in [1.165, 1.54) is 36.4 Å². The van der Waals surface area contributed by atoms with Gasteiger partial charge in [-0.2, -0.15) is 0 Å². The molecule has 2 unspecified atom stereocenters. The Morgan fingerprint density at radius 2 is 1.67 bits per heavy atom. The topological polar surface area (TPSA) is 97.5 Å². The molecule has 2 aromatic carbocycles. The molecule has 1 N–H and O–H groups in total. The molecule has 0 aliphatic rings. The lowest BCUT2D eigenvalue weighted by atomic mass is 10.0. The van der Waals surface area contributed by atoms with Gasteiger partial charge >= 0.3 is 0 Å². The molecule has 7 heteroatoms. The number of aliphatic hydroxyl groups excluding tert-OH is 1. The zero-order chi connectivity index (χ0) is 17.7. The van der Waals surface area contributed by atoms with E-state index in [2.05, 4.69) is 0 Å². The summed E-state index contributed by atoms with van der Waals surface area (Å²) in [6.45, 7) is 1.85. The lowest BCUT2D eigenvalue weighted by molar-refractivity contribution is -0.384. The van der Waals surface area contributed by atoms with Gasteiger partial charge in [-0.05, 0) is 24.1 Å². The predicted octanol–water partition coefficient (Wildman–Crippen LogP) is 3.27.